The normalized spacial score (nSPS) is 11.4. The first-order valence-corrected chi connectivity index (χ1v) is 7.59. The number of amides is 2. The second kappa shape index (κ2) is 6.72. The Hall–Kier alpha value is -3.00. The first-order chi connectivity index (χ1) is 12.2. The van der Waals surface area contributed by atoms with E-state index in [2.05, 4.69) is 10.6 Å². The smallest absolute Gasteiger partial charge is 0.417 e. The lowest BCUT2D eigenvalue weighted by Gasteiger charge is -2.11. The van der Waals surface area contributed by atoms with E-state index in [1.165, 1.54) is 12.1 Å². The van der Waals surface area contributed by atoms with Gasteiger partial charge in [0.2, 0.25) is 0 Å². The molecule has 0 fully saturated rings. The van der Waals surface area contributed by atoms with Crippen LogP contribution in [0.2, 0.25) is 5.02 Å². The molecule has 0 aliphatic heterocycles. The van der Waals surface area contributed by atoms with E-state index in [1.54, 1.807) is 24.3 Å². The molecular weight excluding hydrogens is 373 g/mol. The average molecular weight is 383 g/mol. The molecule has 0 bridgehead atoms. The molecule has 0 aliphatic carbocycles. The number of halogens is 4. The summed E-state index contributed by atoms with van der Waals surface area (Å²) >= 11 is 5.74. The summed E-state index contributed by atoms with van der Waals surface area (Å²) in [4.78, 5) is 23.3. The highest BCUT2D eigenvalue weighted by molar-refractivity contribution is 6.30. The summed E-state index contributed by atoms with van der Waals surface area (Å²) in [5.41, 5.74) is -1.91. The van der Waals surface area contributed by atoms with Gasteiger partial charge in [-0.15, -0.1) is 0 Å². The number of hydrogen-bond acceptors (Lipinski definition) is 3. The van der Waals surface area contributed by atoms with Gasteiger partial charge in [-0.25, -0.2) is 9.59 Å². The van der Waals surface area contributed by atoms with E-state index in [-0.39, 0.29) is 16.7 Å². The molecule has 0 aliphatic rings. The van der Waals surface area contributed by atoms with Gasteiger partial charge in [-0.2, -0.15) is 13.2 Å². The summed E-state index contributed by atoms with van der Waals surface area (Å²) in [5, 5.41) is 5.10. The van der Waals surface area contributed by atoms with Gasteiger partial charge in [0, 0.05) is 27.8 Å². The maximum atomic E-state index is 13.1. The Bertz CT molecular complexity index is 1030. The van der Waals surface area contributed by atoms with Crippen LogP contribution < -0.4 is 16.3 Å². The molecule has 0 unspecified atom stereocenters. The fraction of sp³-hybridized carbons (Fsp3) is 0.0588. The summed E-state index contributed by atoms with van der Waals surface area (Å²) in [6.07, 6.45) is -4.74. The summed E-state index contributed by atoms with van der Waals surface area (Å²) < 4.78 is 44.1. The second-order valence-electron chi connectivity index (χ2n) is 5.27. The molecule has 134 valence electrons. The molecule has 0 atom stereocenters. The Kier molecular flexibility index (Phi) is 4.60. The van der Waals surface area contributed by atoms with Crippen molar-refractivity contribution in [3.8, 4) is 0 Å². The number of urea groups is 1. The molecule has 0 radical (unpaired) electrons. The molecule has 9 heteroatoms. The molecule has 26 heavy (non-hydrogen) atoms. The number of carbonyl (C=O) groups excluding carboxylic acids is 1. The number of alkyl halides is 3. The first-order valence-electron chi connectivity index (χ1n) is 7.21. The van der Waals surface area contributed by atoms with E-state index in [1.807, 2.05) is 0 Å². The molecule has 2 aromatic carbocycles. The Morgan fingerprint density at radius 2 is 1.58 bits per heavy atom. The van der Waals surface area contributed by atoms with Crippen LogP contribution in [-0.4, -0.2) is 6.03 Å². The van der Waals surface area contributed by atoms with Crippen molar-refractivity contribution in [3.63, 3.8) is 0 Å². The number of fused-ring (bicyclic) bond motifs is 1. The van der Waals surface area contributed by atoms with Gasteiger partial charge >= 0.3 is 17.8 Å². The quantitative estimate of drug-likeness (QED) is 0.605. The lowest BCUT2D eigenvalue weighted by Crippen LogP contribution is -2.19. The summed E-state index contributed by atoms with van der Waals surface area (Å²) in [5.74, 6) is 0. The van der Waals surface area contributed by atoms with Crippen molar-refractivity contribution in [2.45, 2.75) is 6.18 Å². The minimum atomic E-state index is -4.74. The van der Waals surface area contributed by atoms with Gasteiger partial charge in [-0.1, -0.05) is 11.6 Å². The number of carbonyl (C=O) groups is 1. The zero-order valence-corrected chi connectivity index (χ0v) is 13.6. The van der Waals surface area contributed by atoms with E-state index in [9.17, 15) is 22.8 Å². The average Bonchev–Trinajstić information content (AvgIpc) is 2.55. The van der Waals surface area contributed by atoms with Gasteiger partial charge in [-0.3, -0.25) is 0 Å². The van der Waals surface area contributed by atoms with Crippen LogP contribution in [0.15, 0.2) is 57.7 Å². The van der Waals surface area contributed by atoms with Gasteiger partial charge in [0.15, 0.2) is 0 Å². The van der Waals surface area contributed by atoms with Gasteiger partial charge in [-0.05, 0) is 42.5 Å². The molecule has 0 saturated heterocycles. The molecule has 0 saturated carbocycles. The van der Waals surface area contributed by atoms with E-state index in [0.29, 0.717) is 16.8 Å². The topological polar surface area (TPSA) is 71.3 Å². The third kappa shape index (κ3) is 3.97. The molecule has 3 aromatic rings. The zero-order valence-electron chi connectivity index (χ0n) is 12.9. The lowest BCUT2D eigenvalue weighted by atomic mass is 10.1. The molecular formula is C17H10ClF3N2O3. The minimum absolute atomic E-state index is 0.100. The maximum Gasteiger partial charge on any atom is 0.417 e. The van der Waals surface area contributed by atoms with Crippen LogP contribution in [0.5, 0.6) is 0 Å². The molecule has 1 aromatic heterocycles. The van der Waals surface area contributed by atoms with Crippen LogP contribution in [0.3, 0.4) is 0 Å². The highest BCUT2D eigenvalue weighted by Gasteiger charge is 2.33. The van der Waals surface area contributed by atoms with Crippen LogP contribution in [-0.2, 0) is 6.18 Å². The Balaban J connectivity index is 1.89. The third-order valence-electron chi connectivity index (χ3n) is 3.41. The fourth-order valence-corrected chi connectivity index (χ4v) is 2.43. The molecule has 0 spiro atoms. The van der Waals surface area contributed by atoms with Gasteiger partial charge in [0.1, 0.15) is 5.58 Å². The predicted molar refractivity (Wildman–Crippen MR) is 91.6 cm³/mol. The Morgan fingerprint density at radius 1 is 0.962 bits per heavy atom. The van der Waals surface area contributed by atoms with Gasteiger partial charge in [0.05, 0.1) is 5.56 Å². The fourth-order valence-electron chi connectivity index (χ4n) is 2.30. The zero-order chi connectivity index (χ0) is 18.9. The van der Waals surface area contributed by atoms with E-state index in [4.69, 9.17) is 16.0 Å². The number of nitrogens with one attached hydrogen (secondary N) is 2. The lowest BCUT2D eigenvalue weighted by molar-refractivity contribution is -0.136. The molecule has 3 rings (SSSR count). The van der Waals surface area contributed by atoms with E-state index in [0.717, 1.165) is 6.07 Å². The Morgan fingerprint density at radius 3 is 2.23 bits per heavy atom. The van der Waals surface area contributed by atoms with Crippen molar-refractivity contribution >= 4 is 40.0 Å². The summed E-state index contributed by atoms with van der Waals surface area (Å²) in [6, 6.07) is 9.60. The van der Waals surface area contributed by atoms with Crippen LogP contribution in [0.4, 0.5) is 29.3 Å². The van der Waals surface area contributed by atoms with Crippen molar-refractivity contribution in [2.24, 2.45) is 0 Å². The van der Waals surface area contributed by atoms with Crippen molar-refractivity contribution in [2.75, 3.05) is 10.6 Å². The standard InChI is InChI=1S/C17H10ClF3N2O3/c18-9-1-3-10(4-2-9)22-16(25)23-11-5-6-14-12(7-11)13(17(19,20)21)8-15(24)26-14/h1-8H,(H2,22,23,25). The van der Waals surface area contributed by atoms with Crippen LogP contribution >= 0.6 is 11.6 Å². The number of hydrogen-bond donors (Lipinski definition) is 2. The summed E-state index contributed by atoms with van der Waals surface area (Å²) in [6.45, 7) is 0. The Labute approximate surface area is 149 Å². The van der Waals surface area contributed by atoms with Crippen molar-refractivity contribution in [1.82, 2.24) is 0 Å². The van der Waals surface area contributed by atoms with E-state index >= 15 is 0 Å². The number of anilines is 2. The van der Waals surface area contributed by atoms with Crippen molar-refractivity contribution < 1.29 is 22.4 Å². The minimum Gasteiger partial charge on any atom is -0.423 e. The van der Waals surface area contributed by atoms with Gasteiger partial charge in [0.25, 0.3) is 0 Å². The predicted octanol–water partition coefficient (Wildman–Crippen LogP) is 5.11. The van der Waals surface area contributed by atoms with E-state index < -0.39 is 23.4 Å². The first kappa shape index (κ1) is 17.8. The SMILES string of the molecule is O=C(Nc1ccc(Cl)cc1)Nc1ccc2oc(=O)cc(C(F)(F)F)c2c1. The largest absolute Gasteiger partial charge is 0.423 e. The molecule has 1 heterocycles. The highest BCUT2D eigenvalue weighted by Crippen LogP contribution is 2.34. The van der Waals surface area contributed by atoms with Crippen molar-refractivity contribution in [1.29, 1.82) is 0 Å². The van der Waals surface area contributed by atoms with Crippen LogP contribution in [0.1, 0.15) is 5.56 Å². The number of rotatable bonds is 2. The molecule has 2 N–H and O–H groups in total. The van der Waals surface area contributed by atoms with Gasteiger partial charge < -0.3 is 15.1 Å². The second-order valence-corrected chi connectivity index (χ2v) is 5.71. The maximum absolute atomic E-state index is 13.1. The third-order valence-corrected chi connectivity index (χ3v) is 3.66. The molecule has 5 nitrogen and oxygen atoms in total. The van der Waals surface area contributed by atoms with Crippen LogP contribution in [0, 0.1) is 0 Å². The molecule has 2 amide bonds. The highest BCUT2D eigenvalue weighted by atomic mass is 35.5. The van der Waals surface area contributed by atoms with Crippen molar-refractivity contribution in [3.05, 3.63) is 69.5 Å². The summed E-state index contributed by atoms with van der Waals surface area (Å²) in [7, 11) is 0. The monoisotopic (exact) mass is 382 g/mol. The number of benzene rings is 2. The van der Waals surface area contributed by atoms with Crippen LogP contribution in [0.25, 0.3) is 11.0 Å².